The molecule has 0 radical (unpaired) electrons. The van der Waals surface area contributed by atoms with Crippen molar-refractivity contribution in [1.82, 2.24) is 5.32 Å². The van der Waals surface area contributed by atoms with E-state index in [9.17, 15) is 4.39 Å². The van der Waals surface area contributed by atoms with E-state index in [-0.39, 0.29) is 5.82 Å². The van der Waals surface area contributed by atoms with Gasteiger partial charge in [-0.2, -0.15) is 0 Å². The summed E-state index contributed by atoms with van der Waals surface area (Å²) < 4.78 is 18.5. The van der Waals surface area contributed by atoms with Gasteiger partial charge in [0.2, 0.25) is 0 Å². The molecule has 0 spiro atoms. The van der Waals surface area contributed by atoms with Crippen molar-refractivity contribution in [2.45, 2.75) is 6.54 Å². The average Bonchev–Trinajstić information content (AvgIpc) is 2.35. The zero-order valence-corrected chi connectivity index (χ0v) is 10.6. The summed E-state index contributed by atoms with van der Waals surface area (Å²) in [7, 11) is 1.52. The first-order chi connectivity index (χ1) is 8.27. The number of rotatable bonds is 7. The van der Waals surface area contributed by atoms with Gasteiger partial charge in [-0.3, -0.25) is 0 Å². The van der Waals surface area contributed by atoms with Gasteiger partial charge in [-0.05, 0) is 6.07 Å². The third-order valence-corrected chi connectivity index (χ3v) is 3.05. The highest BCUT2D eigenvalue weighted by Gasteiger charge is 2.03. The fourth-order valence-corrected chi connectivity index (χ4v) is 1.85. The maximum atomic E-state index is 13.5. The molecule has 1 aromatic carbocycles. The molecule has 0 aliphatic heterocycles. The molecule has 17 heavy (non-hydrogen) atoms. The van der Waals surface area contributed by atoms with Gasteiger partial charge >= 0.3 is 0 Å². The molecule has 0 heterocycles. The number of halogens is 1. The Labute approximate surface area is 106 Å². The van der Waals surface area contributed by atoms with Gasteiger partial charge in [-0.1, -0.05) is 12.0 Å². The second-order valence-electron chi connectivity index (χ2n) is 3.39. The largest absolute Gasteiger partial charge is 0.497 e. The zero-order chi connectivity index (χ0) is 12.5. The first kappa shape index (κ1) is 13.9. The predicted octanol–water partition coefficient (Wildman–Crippen LogP) is 2.29. The highest BCUT2D eigenvalue weighted by atomic mass is 32.2. The van der Waals surface area contributed by atoms with Gasteiger partial charge < -0.3 is 10.1 Å². The van der Waals surface area contributed by atoms with Crippen molar-refractivity contribution in [2.75, 3.05) is 25.2 Å². The molecule has 2 nitrogen and oxygen atoms in total. The lowest BCUT2D eigenvalue weighted by Gasteiger charge is -2.07. The highest BCUT2D eigenvalue weighted by Crippen LogP contribution is 2.15. The Morgan fingerprint density at radius 1 is 1.53 bits per heavy atom. The van der Waals surface area contributed by atoms with Crippen LogP contribution in [0.15, 0.2) is 18.2 Å². The molecule has 0 saturated heterocycles. The molecule has 0 amide bonds. The molecular formula is C13H16FNOS. The van der Waals surface area contributed by atoms with E-state index in [1.165, 1.54) is 13.2 Å². The van der Waals surface area contributed by atoms with Gasteiger partial charge in [0.25, 0.3) is 0 Å². The van der Waals surface area contributed by atoms with Gasteiger partial charge in [0, 0.05) is 30.5 Å². The molecule has 0 fully saturated rings. The summed E-state index contributed by atoms with van der Waals surface area (Å²) in [6, 6.07) is 4.88. The number of hydrogen-bond donors (Lipinski definition) is 1. The lowest BCUT2D eigenvalue weighted by Crippen LogP contribution is -2.17. The van der Waals surface area contributed by atoms with Crippen molar-refractivity contribution in [3.8, 4) is 18.1 Å². The molecule has 1 aromatic rings. The SMILES string of the molecule is C#CCSCCNCc1ccc(OC)cc1F. The third-order valence-electron chi connectivity index (χ3n) is 2.18. The Morgan fingerprint density at radius 2 is 2.35 bits per heavy atom. The van der Waals surface area contributed by atoms with Gasteiger partial charge in [0.15, 0.2) is 0 Å². The minimum atomic E-state index is -0.242. The quantitative estimate of drug-likeness (QED) is 0.595. The molecule has 0 bridgehead atoms. The maximum Gasteiger partial charge on any atom is 0.131 e. The van der Waals surface area contributed by atoms with Crippen LogP contribution in [0.25, 0.3) is 0 Å². The summed E-state index contributed by atoms with van der Waals surface area (Å²) in [5.74, 6) is 4.51. The van der Waals surface area contributed by atoms with Crippen LogP contribution in [0.4, 0.5) is 4.39 Å². The van der Waals surface area contributed by atoms with Crippen LogP contribution in [0.5, 0.6) is 5.75 Å². The molecule has 1 N–H and O–H groups in total. The summed E-state index contributed by atoms with van der Waals surface area (Å²) in [5, 5.41) is 3.17. The normalized spacial score (nSPS) is 9.94. The van der Waals surface area contributed by atoms with Gasteiger partial charge in [-0.15, -0.1) is 18.2 Å². The molecule has 0 aromatic heterocycles. The van der Waals surface area contributed by atoms with E-state index in [0.29, 0.717) is 17.9 Å². The monoisotopic (exact) mass is 253 g/mol. The summed E-state index contributed by atoms with van der Waals surface area (Å²) in [5.41, 5.74) is 0.646. The molecule has 4 heteroatoms. The molecule has 0 aliphatic rings. The van der Waals surface area contributed by atoms with Crippen LogP contribution in [0.1, 0.15) is 5.56 Å². The van der Waals surface area contributed by atoms with E-state index >= 15 is 0 Å². The van der Waals surface area contributed by atoms with Crippen molar-refractivity contribution in [2.24, 2.45) is 0 Å². The smallest absolute Gasteiger partial charge is 0.131 e. The molecule has 0 atom stereocenters. The van der Waals surface area contributed by atoms with E-state index in [4.69, 9.17) is 11.2 Å². The minimum Gasteiger partial charge on any atom is -0.497 e. The second-order valence-corrected chi connectivity index (χ2v) is 4.50. The summed E-state index contributed by atoms with van der Waals surface area (Å²) in [6.45, 7) is 1.34. The maximum absolute atomic E-state index is 13.5. The van der Waals surface area contributed by atoms with E-state index in [2.05, 4.69) is 11.2 Å². The minimum absolute atomic E-state index is 0.242. The van der Waals surface area contributed by atoms with Gasteiger partial charge in [0.05, 0.1) is 12.9 Å². The molecule has 0 aliphatic carbocycles. The third kappa shape index (κ3) is 5.12. The van der Waals surface area contributed by atoms with Crippen LogP contribution in [0.3, 0.4) is 0 Å². The number of thioether (sulfide) groups is 1. The number of methoxy groups -OCH3 is 1. The van der Waals surface area contributed by atoms with E-state index in [1.54, 1.807) is 23.9 Å². The van der Waals surface area contributed by atoms with Crippen LogP contribution in [0.2, 0.25) is 0 Å². The lowest BCUT2D eigenvalue weighted by atomic mass is 10.2. The summed E-state index contributed by atoms with van der Waals surface area (Å²) >= 11 is 1.69. The molecule has 0 unspecified atom stereocenters. The Balaban J connectivity index is 2.30. The van der Waals surface area contributed by atoms with E-state index < -0.39 is 0 Å². The standard InChI is InChI=1S/C13H16FNOS/c1-3-7-17-8-6-15-10-11-4-5-12(16-2)9-13(11)14/h1,4-5,9,15H,6-8,10H2,2H3. The molecule has 1 rings (SSSR count). The van der Waals surface area contributed by atoms with Crippen molar-refractivity contribution < 1.29 is 9.13 Å². The van der Waals surface area contributed by atoms with Crippen molar-refractivity contribution in [3.63, 3.8) is 0 Å². The van der Waals surface area contributed by atoms with Gasteiger partial charge in [0.1, 0.15) is 11.6 Å². The van der Waals surface area contributed by atoms with Crippen molar-refractivity contribution >= 4 is 11.8 Å². The molecular weight excluding hydrogens is 237 g/mol. The van der Waals surface area contributed by atoms with Crippen LogP contribution in [-0.2, 0) is 6.54 Å². The molecule has 0 saturated carbocycles. The number of benzene rings is 1. The average molecular weight is 253 g/mol. The van der Waals surface area contributed by atoms with Crippen LogP contribution in [0, 0.1) is 18.2 Å². The summed E-state index contributed by atoms with van der Waals surface area (Å²) in [6.07, 6.45) is 5.13. The number of hydrogen-bond acceptors (Lipinski definition) is 3. The summed E-state index contributed by atoms with van der Waals surface area (Å²) in [4.78, 5) is 0. The van der Waals surface area contributed by atoms with Crippen LogP contribution < -0.4 is 10.1 Å². The van der Waals surface area contributed by atoms with Crippen molar-refractivity contribution in [3.05, 3.63) is 29.6 Å². The first-order valence-electron chi connectivity index (χ1n) is 5.32. The fraction of sp³-hybridized carbons (Fsp3) is 0.385. The lowest BCUT2D eigenvalue weighted by molar-refractivity contribution is 0.410. The van der Waals surface area contributed by atoms with Gasteiger partial charge in [-0.25, -0.2) is 4.39 Å². The fourth-order valence-electron chi connectivity index (χ4n) is 1.30. The highest BCUT2D eigenvalue weighted by molar-refractivity contribution is 7.99. The van der Waals surface area contributed by atoms with E-state index in [1.807, 2.05) is 0 Å². The Morgan fingerprint density at radius 3 is 3.00 bits per heavy atom. The first-order valence-corrected chi connectivity index (χ1v) is 6.47. The zero-order valence-electron chi connectivity index (χ0n) is 9.83. The second kappa shape index (κ2) is 7.99. The number of ether oxygens (including phenoxy) is 1. The number of nitrogens with one attached hydrogen (secondary N) is 1. The van der Waals surface area contributed by atoms with E-state index in [0.717, 1.165) is 18.1 Å². The van der Waals surface area contributed by atoms with Crippen molar-refractivity contribution in [1.29, 1.82) is 0 Å². The predicted molar refractivity (Wildman–Crippen MR) is 70.8 cm³/mol. The van der Waals surface area contributed by atoms with Crippen LogP contribution >= 0.6 is 11.8 Å². The van der Waals surface area contributed by atoms with Crippen LogP contribution in [-0.4, -0.2) is 25.2 Å². The Kier molecular flexibility index (Phi) is 6.53. The number of terminal acetylenes is 1. The Hall–Kier alpha value is -1.18. The topological polar surface area (TPSA) is 21.3 Å². The Bertz CT molecular complexity index is 389. The molecule has 92 valence electrons.